The van der Waals surface area contributed by atoms with Gasteiger partial charge in [0, 0.05) is 13.1 Å². The molecule has 0 unspecified atom stereocenters. The molecule has 1 heterocycles. The van der Waals surface area contributed by atoms with E-state index in [2.05, 4.69) is 50.2 Å². The first kappa shape index (κ1) is 16.5. The number of carbonyl (C=O) groups excluding carboxylic acids is 1. The summed E-state index contributed by atoms with van der Waals surface area (Å²) in [7, 11) is 0. The van der Waals surface area contributed by atoms with E-state index in [-0.39, 0.29) is 11.3 Å². The molecule has 0 aliphatic rings. The van der Waals surface area contributed by atoms with Gasteiger partial charge in [0.1, 0.15) is 11.5 Å². The molecule has 0 saturated carbocycles. The Morgan fingerprint density at radius 2 is 2.05 bits per heavy atom. The molecule has 1 aromatic rings. The van der Waals surface area contributed by atoms with Gasteiger partial charge in [0.25, 0.3) is 5.91 Å². The minimum Gasteiger partial charge on any atom is -0.370 e. The number of pyridine rings is 1. The Hall–Kier alpha value is -1.58. The maximum Gasteiger partial charge on any atom is 0.269 e. The molecule has 4 nitrogen and oxygen atoms in total. The standard InChI is InChI=1S/C16H27N3O/c1-6-10-17-14-9-7-8-13(19-14)15(20)18-11-16(4,5)12(2)3/h7-9,12H,6,10-11H2,1-5H3,(H,17,19)(H,18,20). The minimum atomic E-state index is -0.112. The normalized spacial score (nSPS) is 11.5. The fourth-order valence-corrected chi connectivity index (χ4v) is 1.52. The zero-order valence-corrected chi connectivity index (χ0v) is 13.3. The molecule has 0 aliphatic heterocycles. The summed E-state index contributed by atoms with van der Waals surface area (Å²) in [6.45, 7) is 12.3. The summed E-state index contributed by atoms with van der Waals surface area (Å²) < 4.78 is 0. The van der Waals surface area contributed by atoms with Gasteiger partial charge in [-0.25, -0.2) is 4.98 Å². The summed E-state index contributed by atoms with van der Waals surface area (Å²) in [5, 5.41) is 6.16. The van der Waals surface area contributed by atoms with Gasteiger partial charge >= 0.3 is 0 Å². The van der Waals surface area contributed by atoms with Gasteiger partial charge < -0.3 is 10.6 Å². The van der Waals surface area contributed by atoms with Crippen molar-refractivity contribution in [3.63, 3.8) is 0 Å². The van der Waals surface area contributed by atoms with Crippen molar-refractivity contribution in [2.75, 3.05) is 18.4 Å². The molecule has 4 heteroatoms. The van der Waals surface area contributed by atoms with Gasteiger partial charge in [-0.15, -0.1) is 0 Å². The van der Waals surface area contributed by atoms with Crippen LogP contribution in [-0.2, 0) is 0 Å². The molecule has 20 heavy (non-hydrogen) atoms. The number of rotatable bonds is 7. The predicted molar refractivity (Wildman–Crippen MR) is 84.0 cm³/mol. The van der Waals surface area contributed by atoms with E-state index in [1.54, 1.807) is 6.07 Å². The van der Waals surface area contributed by atoms with Crippen LogP contribution in [0.5, 0.6) is 0 Å². The van der Waals surface area contributed by atoms with Crippen molar-refractivity contribution in [2.45, 2.75) is 41.0 Å². The highest BCUT2D eigenvalue weighted by Gasteiger charge is 2.23. The quantitative estimate of drug-likeness (QED) is 0.804. The Labute approximate surface area is 122 Å². The molecule has 0 bridgehead atoms. The van der Waals surface area contributed by atoms with Crippen molar-refractivity contribution in [3.05, 3.63) is 23.9 Å². The average molecular weight is 277 g/mol. The topological polar surface area (TPSA) is 54.0 Å². The van der Waals surface area contributed by atoms with Gasteiger partial charge in [-0.1, -0.05) is 40.7 Å². The molecule has 0 spiro atoms. The molecule has 1 aromatic heterocycles. The molecule has 0 atom stereocenters. The molecule has 0 saturated heterocycles. The monoisotopic (exact) mass is 277 g/mol. The van der Waals surface area contributed by atoms with E-state index in [1.807, 2.05) is 12.1 Å². The molecule has 0 aliphatic carbocycles. The number of carbonyl (C=O) groups is 1. The highest BCUT2D eigenvalue weighted by atomic mass is 16.1. The number of nitrogens with zero attached hydrogens (tertiary/aromatic N) is 1. The van der Waals surface area contributed by atoms with Crippen LogP contribution in [0.2, 0.25) is 0 Å². The second-order valence-electron chi connectivity index (χ2n) is 6.16. The lowest BCUT2D eigenvalue weighted by atomic mass is 9.81. The van der Waals surface area contributed by atoms with Crippen LogP contribution in [0.4, 0.5) is 5.82 Å². The molecular formula is C16H27N3O. The Morgan fingerprint density at radius 1 is 1.35 bits per heavy atom. The number of nitrogens with one attached hydrogen (secondary N) is 2. The van der Waals surface area contributed by atoms with E-state index in [0.29, 0.717) is 18.2 Å². The number of anilines is 1. The number of aromatic nitrogens is 1. The highest BCUT2D eigenvalue weighted by Crippen LogP contribution is 2.24. The van der Waals surface area contributed by atoms with Crippen LogP contribution in [0.15, 0.2) is 18.2 Å². The molecule has 0 aromatic carbocycles. The van der Waals surface area contributed by atoms with E-state index >= 15 is 0 Å². The molecular weight excluding hydrogens is 250 g/mol. The third kappa shape index (κ3) is 4.83. The van der Waals surface area contributed by atoms with Gasteiger partial charge in [0.15, 0.2) is 0 Å². The smallest absolute Gasteiger partial charge is 0.269 e. The van der Waals surface area contributed by atoms with Crippen molar-refractivity contribution in [2.24, 2.45) is 11.3 Å². The van der Waals surface area contributed by atoms with Crippen LogP contribution < -0.4 is 10.6 Å². The maximum atomic E-state index is 12.1. The first-order valence-electron chi connectivity index (χ1n) is 7.36. The Bertz CT molecular complexity index is 441. The largest absolute Gasteiger partial charge is 0.370 e. The third-order valence-corrected chi connectivity index (χ3v) is 3.81. The van der Waals surface area contributed by atoms with Crippen molar-refractivity contribution in [1.29, 1.82) is 0 Å². The second kappa shape index (κ2) is 7.27. The number of hydrogen-bond donors (Lipinski definition) is 2. The van der Waals surface area contributed by atoms with E-state index in [0.717, 1.165) is 18.8 Å². The molecule has 112 valence electrons. The fourth-order valence-electron chi connectivity index (χ4n) is 1.52. The second-order valence-corrected chi connectivity index (χ2v) is 6.16. The summed E-state index contributed by atoms with van der Waals surface area (Å²) in [6, 6.07) is 5.48. The Kier molecular flexibility index (Phi) is 5.99. The first-order valence-corrected chi connectivity index (χ1v) is 7.36. The van der Waals surface area contributed by atoms with Crippen molar-refractivity contribution in [3.8, 4) is 0 Å². The fraction of sp³-hybridized carbons (Fsp3) is 0.625. The summed E-state index contributed by atoms with van der Waals surface area (Å²) in [6.07, 6.45) is 1.03. The van der Waals surface area contributed by atoms with Crippen LogP contribution in [0.25, 0.3) is 0 Å². The zero-order chi connectivity index (χ0) is 15.2. The Morgan fingerprint density at radius 3 is 2.65 bits per heavy atom. The van der Waals surface area contributed by atoms with E-state index in [4.69, 9.17) is 0 Å². The zero-order valence-electron chi connectivity index (χ0n) is 13.3. The predicted octanol–water partition coefficient (Wildman–Crippen LogP) is 3.32. The maximum absolute atomic E-state index is 12.1. The lowest BCUT2D eigenvalue weighted by Gasteiger charge is -2.29. The summed E-state index contributed by atoms with van der Waals surface area (Å²) in [5.74, 6) is 1.15. The SMILES string of the molecule is CCCNc1cccc(C(=O)NCC(C)(C)C(C)C)n1. The highest BCUT2D eigenvalue weighted by molar-refractivity contribution is 5.92. The molecule has 0 radical (unpaired) electrons. The third-order valence-electron chi connectivity index (χ3n) is 3.81. The minimum absolute atomic E-state index is 0.0771. The van der Waals surface area contributed by atoms with Gasteiger partial charge in [-0.2, -0.15) is 0 Å². The van der Waals surface area contributed by atoms with Gasteiger partial charge in [-0.3, -0.25) is 4.79 Å². The molecule has 1 amide bonds. The van der Waals surface area contributed by atoms with E-state index in [9.17, 15) is 4.79 Å². The van der Waals surface area contributed by atoms with Crippen LogP contribution in [0, 0.1) is 11.3 Å². The van der Waals surface area contributed by atoms with Crippen LogP contribution in [0.1, 0.15) is 51.5 Å². The average Bonchev–Trinajstić information content (AvgIpc) is 2.42. The first-order chi connectivity index (χ1) is 9.36. The van der Waals surface area contributed by atoms with Crippen molar-refractivity contribution in [1.82, 2.24) is 10.3 Å². The lowest BCUT2D eigenvalue weighted by Crippen LogP contribution is -2.37. The van der Waals surface area contributed by atoms with Crippen LogP contribution in [-0.4, -0.2) is 24.0 Å². The van der Waals surface area contributed by atoms with E-state index < -0.39 is 0 Å². The number of amides is 1. The summed E-state index contributed by atoms with van der Waals surface area (Å²) >= 11 is 0. The van der Waals surface area contributed by atoms with Crippen LogP contribution >= 0.6 is 0 Å². The molecule has 2 N–H and O–H groups in total. The van der Waals surface area contributed by atoms with E-state index in [1.165, 1.54) is 0 Å². The molecule has 0 fully saturated rings. The van der Waals surface area contributed by atoms with Gasteiger partial charge in [0.05, 0.1) is 0 Å². The Balaban J connectivity index is 2.63. The van der Waals surface area contributed by atoms with Crippen molar-refractivity contribution >= 4 is 11.7 Å². The summed E-state index contributed by atoms with van der Waals surface area (Å²) in [5.41, 5.74) is 0.541. The molecule has 1 rings (SSSR count). The number of hydrogen-bond acceptors (Lipinski definition) is 3. The lowest BCUT2D eigenvalue weighted by molar-refractivity contribution is 0.0920. The van der Waals surface area contributed by atoms with Crippen molar-refractivity contribution < 1.29 is 4.79 Å². The van der Waals surface area contributed by atoms with Gasteiger partial charge in [-0.05, 0) is 29.9 Å². The van der Waals surface area contributed by atoms with Gasteiger partial charge in [0.2, 0.25) is 0 Å². The summed E-state index contributed by atoms with van der Waals surface area (Å²) in [4.78, 5) is 16.5. The van der Waals surface area contributed by atoms with Crippen LogP contribution in [0.3, 0.4) is 0 Å².